The van der Waals surface area contributed by atoms with Gasteiger partial charge < -0.3 is 15.8 Å². The van der Waals surface area contributed by atoms with Crippen LogP contribution in [0, 0.1) is 5.92 Å². The first-order valence-electron chi connectivity index (χ1n) is 7.63. The van der Waals surface area contributed by atoms with Gasteiger partial charge >= 0.3 is 11.7 Å². The molecule has 0 aromatic carbocycles. The molecule has 1 fully saturated rings. The second-order valence-corrected chi connectivity index (χ2v) is 7.00. The average molecular weight is 396 g/mol. The SMILES string of the molecule is C[C@@H]1CCCC[C@H]1NC(=O)COC(=O)c1[nH+]c(Cl)c(Cl)c(N)c1Cl. The Hall–Kier alpha value is -1.24. The number of carbonyl (C=O) groups is 2. The molecule has 0 radical (unpaired) electrons. The quantitative estimate of drug-likeness (QED) is 0.605. The van der Waals surface area contributed by atoms with Gasteiger partial charge in [0, 0.05) is 6.04 Å². The molecule has 1 amide bonds. The van der Waals surface area contributed by atoms with Crippen LogP contribution in [-0.4, -0.2) is 24.5 Å². The maximum Gasteiger partial charge on any atom is 0.405 e. The van der Waals surface area contributed by atoms with Crippen molar-refractivity contribution in [2.24, 2.45) is 5.92 Å². The number of H-pyrrole nitrogens is 1. The molecule has 1 aromatic heterocycles. The zero-order chi connectivity index (χ0) is 17.9. The summed E-state index contributed by atoms with van der Waals surface area (Å²) in [7, 11) is 0. The standard InChI is InChI=1S/C15H18Cl3N3O3/c1-7-4-2-3-5-8(7)20-9(22)6-24-15(23)13-10(16)12(19)11(17)14(18)21-13/h7-8H,2-6H2,1H3,(H2,19,21)(H,20,22)/p+1/t7-,8-/m1/s1. The third-order valence-electron chi connectivity index (χ3n) is 4.12. The molecule has 0 saturated heterocycles. The molecule has 24 heavy (non-hydrogen) atoms. The predicted octanol–water partition coefficient (Wildman–Crippen LogP) is 2.89. The molecule has 2 atom stereocenters. The normalized spacial score (nSPS) is 20.5. The topological polar surface area (TPSA) is 95.6 Å². The highest BCUT2D eigenvalue weighted by Gasteiger charge is 2.28. The van der Waals surface area contributed by atoms with E-state index in [2.05, 4.69) is 17.2 Å². The number of nitrogens with one attached hydrogen (secondary N) is 2. The van der Waals surface area contributed by atoms with Gasteiger partial charge in [-0.2, -0.15) is 4.98 Å². The highest BCUT2D eigenvalue weighted by molar-refractivity contribution is 6.45. The van der Waals surface area contributed by atoms with Crippen LogP contribution in [0.2, 0.25) is 15.2 Å². The molecule has 1 heterocycles. The molecule has 1 aromatic rings. The zero-order valence-electron chi connectivity index (χ0n) is 13.1. The van der Waals surface area contributed by atoms with E-state index in [0.29, 0.717) is 5.92 Å². The number of aromatic nitrogens is 1. The summed E-state index contributed by atoms with van der Waals surface area (Å²) in [6.07, 6.45) is 4.28. The van der Waals surface area contributed by atoms with Crippen molar-refractivity contribution in [2.45, 2.75) is 38.6 Å². The lowest BCUT2D eigenvalue weighted by atomic mass is 9.86. The number of hydrogen-bond donors (Lipinski definition) is 2. The Morgan fingerprint density at radius 1 is 1.25 bits per heavy atom. The van der Waals surface area contributed by atoms with Crippen LogP contribution in [0.25, 0.3) is 0 Å². The van der Waals surface area contributed by atoms with Gasteiger partial charge in [-0.15, -0.1) is 0 Å². The maximum absolute atomic E-state index is 12.1. The summed E-state index contributed by atoms with van der Waals surface area (Å²) in [5, 5.41) is 2.77. The van der Waals surface area contributed by atoms with E-state index in [4.69, 9.17) is 45.3 Å². The number of anilines is 1. The number of ether oxygens (including phenoxy) is 1. The molecule has 132 valence electrons. The summed E-state index contributed by atoms with van der Waals surface area (Å²) in [5.74, 6) is -0.778. The van der Waals surface area contributed by atoms with Crippen molar-refractivity contribution in [1.82, 2.24) is 5.32 Å². The number of aromatic amines is 1. The van der Waals surface area contributed by atoms with Gasteiger partial charge in [-0.25, -0.2) is 4.79 Å². The molecule has 4 N–H and O–H groups in total. The molecule has 1 saturated carbocycles. The number of amides is 1. The van der Waals surface area contributed by atoms with E-state index in [9.17, 15) is 9.59 Å². The van der Waals surface area contributed by atoms with Crippen molar-refractivity contribution in [3.63, 3.8) is 0 Å². The lowest BCUT2D eigenvalue weighted by Gasteiger charge is -2.29. The minimum Gasteiger partial charge on any atom is -0.448 e. The van der Waals surface area contributed by atoms with E-state index in [1.165, 1.54) is 6.42 Å². The number of halogens is 3. The summed E-state index contributed by atoms with van der Waals surface area (Å²) in [4.78, 5) is 26.5. The first kappa shape index (κ1) is 19.1. The zero-order valence-corrected chi connectivity index (χ0v) is 15.4. The molecule has 1 aliphatic rings. The maximum atomic E-state index is 12.1. The Bertz CT molecular complexity index is 655. The van der Waals surface area contributed by atoms with E-state index in [0.717, 1.165) is 19.3 Å². The van der Waals surface area contributed by atoms with Gasteiger partial charge in [-0.1, -0.05) is 43.0 Å². The highest BCUT2D eigenvalue weighted by Crippen LogP contribution is 2.32. The van der Waals surface area contributed by atoms with E-state index in [1.807, 2.05) is 0 Å². The van der Waals surface area contributed by atoms with Crippen molar-refractivity contribution in [3.8, 4) is 0 Å². The second kappa shape index (κ2) is 8.23. The van der Waals surface area contributed by atoms with Crippen LogP contribution in [0.15, 0.2) is 0 Å². The monoisotopic (exact) mass is 394 g/mol. The predicted molar refractivity (Wildman–Crippen MR) is 92.3 cm³/mol. The first-order chi connectivity index (χ1) is 11.3. The van der Waals surface area contributed by atoms with Crippen molar-refractivity contribution >= 4 is 52.4 Å². The fraction of sp³-hybridized carbons (Fsp3) is 0.533. The van der Waals surface area contributed by atoms with Gasteiger partial charge in [-0.3, -0.25) is 4.79 Å². The molecule has 0 bridgehead atoms. The number of hydrogen-bond acceptors (Lipinski definition) is 4. The van der Waals surface area contributed by atoms with Crippen LogP contribution < -0.4 is 16.0 Å². The van der Waals surface area contributed by atoms with Gasteiger partial charge in [0.05, 0.1) is 5.69 Å². The molecular weight excluding hydrogens is 377 g/mol. The molecule has 2 rings (SSSR count). The smallest absolute Gasteiger partial charge is 0.405 e. The number of carbonyl (C=O) groups excluding carboxylic acids is 2. The van der Waals surface area contributed by atoms with Crippen LogP contribution in [-0.2, 0) is 9.53 Å². The van der Waals surface area contributed by atoms with E-state index in [1.54, 1.807) is 0 Å². The number of nitrogen functional groups attached to an aromatic ring is 1. The number of rotatable bonds is 4. The molecule has 9 heteroatoms. The van der Waals surface area contributed by atoms with Crippen molar-refractivity contribution in [3.05, 3.63) is 20.9 Å². The van der Waals surface area contributed by atoms with Crippen molar-refractivity contribution in [2.75, 3.05) is 12.3 Å². The summed E-state index contributed by atoms with van der Waals surface area (Å²) < 4.78 is 4.97. The molecule has 1 aliphatic carbocycles. The Balaban J connectivity index is 1.94. The Labute approximate surface area is 155 Å². The summed E-state index contributed by atoms with van der Waals surface area (Å²) in [6.45, 7) is 1.69. The van der Waals surface area contributed by atoms with Crippen LogP contribution >= 0.6 is 34.8 Å². The largest absolute Gasteiger partial charge is 0.448 e. The number of esters is 1. The van der Waals surface area contributed by atoms with Crippen LogP contribution in [0.4, 0.5) is 5.69 Å². The molecular formula is C15H19Cl3N3O3+. The lowest BCUT2D eigenvalue weighted by Crippen LogP contribution is -2.43. The summed E-state index contributed by atoms with van der Waals surface area (Å²) >= 11 is 17.6. The minimum atomic E-state index is -0.836. The van der Waals surface area contributed by atoms with Gasteiger partial charge in [0.15, 0.2) is 6.61 Å². The van der Waals surface area contributed by atoms with Crippen molar-refractivity contribution in [1.29, 1.82) is 0 Å². The van der Waals surface area contributed by atoms with Gasteiger partial charge in [0.25, 0.3) is 11.1 Å². The average Bonchev–Trinajstić information content (AvgIpc) is 2.56. The number of pyridine rings is 1. The fourth-order valence-electron chi connectivity index (χ4n) is 2.69. The van der Waals surface area contributed by atoms with Gasteiger partial charge in [-0.05, 0) is 30.4 Å². The summed E-state index contributed by atoms with van der Waals surface area (Å²) in [5.41, 5.74) is 5.48. The van der Waals surface area contributed by atoms with Crippen molar-refractivity contribution < 1.29 is 19.3 Å². The minimum absolute atomic E-state index is 0.0160. The van der Waals surface area contributed by atoms with E-state index < -0.39 is 12.6 Å². The first-order valence-corrected chi connectivity index (χ1v) is 8.76. The summed E-state index contributed by atoms with van der Waals surface area (Å²) in [6, 6.07) is 0.112. The van der Waals surface area contributed by atoms with E-state index >= 15 is 0 Å². The van der Waals surface area contributed by atoms with Crippen LogP contribution in [0.5, 0.6) is 0 Å². The van der Waals surface area contributed by atoms with E-state index in [-0.39, 0.29) is 38.5 Å². The highest BCUT2D eigenvalue weighted by atomic mass is 35.5. The number of nitrogens with two attached hydrogens (primary N) is 1. The molecule has 0 unspecified atom stereocenters. The third-order valence-corrected chi connectivity index (χ3v) is 5.28. The lowest BCUT2D eigenvalue weighted by molar-refractivity contribution is -0.380. The molecule has 0 aliphatic heterocycles. The third kappa shape index (κ3) is 4.43. The Kier molecular flexibility index (Phi) is 6.54. The fourth-order valence-corrected chi connectivity index (χ4v) is 3.30. The van der Waals surface area contributed by atoms with Gasteiger partial charge in [0.2, 0.25) is 0 Å². The molecule has 0 spiro atoms. The van der Waals surface area contributed by atoms with Crippen LogP contribution in [0.3, 0.4) is 0 Å². The molecule has 6 nitrogen and oxygen atoms in total. The Morgan fingerprint density at radius 3 is 2.58 bits per heavy atom. The van der Waals surface area contributed by atoms with Crippen LogP contribution in [0.1, 0.15) is 43.1 Å². The Morgan fingerprint density at radius 2 is 1.92 bits per heavy atom. The second-order valence-electron chi connectivity index (χ2n) is 5.87. The van der Waals surface area contributed by atoms with Gasteiger partial charge in [0.1, 0.15) is 10.0 Å².